The maximum absolute atomic E-state index is 12.7. The van der Waals surface area contributed by atoms with Gasteiger partial charge in [0, 0.05) is 12.3 Å². The van der Waals surface area contributed by atoms with Gasteiger partial charge < -0.3 is 4.74 Å². The number of barbiturate groups is 1. The Morgan fingerprint density at radius 3 is 2.72 bits per heavy atom. The van der Waals surface area contributed by atoms with E-state index in [-0.39, 0.29) is 12.6 Å². The zero-order valence-electron chi connectivity index (χ0n) is 14.1. The van der Waals surface area contributed by atoms with E-state index in [4.69, 9.17) is 4.74 Å². The quantitative estimate of drug-likeness (QED) is 0.648. The molecule has 1 aromatic rings. The van der Waals surface area contributed by atoms with Gasteiger partial charge in [-0.3, -0.25) is 24.8 Å². The Hall–Kier alpha value is -2.54. The van der Waals surface area contributed by atoms with Crippen LogP contribution in [0.3, 0.4) is 0 Å². The van der Waals surface area contributed by atoms with Crippen LogP contribution in [0.1, 0.15) is 25.3 Å². The first-order valence-corrected chi connectivity index (χ1v) is 8.39. The van der Waals surface area contributed by atoms with Gasteiger partial charge in [-0.1, -0.05) is 30.3 Å². The van der Waals surface area contributed by atoms with Crippen LogP contribution in [0.2, 0.25) is 0 Å². The highest BCUT2D eigenvalue weighted by atomic mass is 16.5. The van der Waals surface area contributed by atoms with Gasteiger partial charge in [0.2, 0.25) is 11.8 Å². The molecule has 7 heteroatoms. The van der Waals surface area contributed by atoms with Gasteiger partial charge in [0.25, 0.3) is 0 Å². The molecule has 1 unspecified atom stereocenters. The average Bonchev–Trinajstić information content (AvgIpc) is 3.11. The Morgan fingerprint density at radius 2 is 2.04 bits per heavy atom. The molecule has 2 fully saturated rings. The summed E-state index contributed by atoms with van der Waals surface area (Å²) in [5.74, 6) is -2.22. The van der Waals surface area contributed by atoms with Gasteiger partial charge in [0.05, 0.1) is 19.2 Å². The van der Waals surface area contributed by atoms with E-state index in [1.807, 2.05) is 30.3 Å². The molecule has 7 nitrogen and oxygen atoms in total. The summed E-state index contributed by atoms with van der Waals surface area (Å²) < 4.78 is 5.50. The van der Waals surface area contributed by atoms with Gasteiger partial charge in [-0.05, 0) is 25.3 Å². The Labute approximate surface area is 146 Å². The minimum Gasteiger partial charge on any atom is -0.376 e. The first-order valence-electron chi connectivity index (χ1n) is 8.39. The lowest BCUT2D eigenvalue weighted by Gasteiger charge is -2.30. The third kappa shape index (κ3) is 3.93. The van der Waals surface area contributed by atoms with Crippen LogP contribution in [0, 0.1) is 5.92 Å². The molecule has 0 aliphatic carbocycles. The molecule has 132 valence electrons. The maximum Gasteiger partial charge on any atom is 0.331 e. The molecule has 0 radical (unpaired) electrons. The molecule has 2 heterocycles. The van der Waals surface area contributed by atoms with Crippen molar-refractivity contribution in [2.45, 2.75) is 32.4 Å². The van der Waals surface area contributed by atoms with Gasteiger partial charge in [-0.25, -0.2) is 4.79 Å². The van der Waals surface area contributed by atoms with Crippen LogP contribution >= 0.6 is 0 Å². The highest BCUT2D eigenvalue weighted by molar-refractivity contribution is 6.27. The van der Waals surface area contributed by atoms with Gasteiger partial charge in [0.15, 0.2) is 5.92 Å². The van der Waals surface area contributed by atoms with Crippen molar-refractivity contribution in [1.29, 1.82) is 0 Å². The number of hydrogen-bond donors (Lipinski definition) is 1. The van der Waals surface area contributed by atoms with Crippen molar-refractivity contribution in [3.63, 3.8) is 0 Å². The summed E-state index contributed by atoms with van der Waals surface area (Å²) in [6.07, 6.45) is 1.97. The van der Waals surface area contributed by atoms with E-state index in [0.29, 0.717) is 12.3 Å². The van der Waals surface area contributed by atoms with Crippen LogP contribution < -0.4 is 5.32 Å². The fraction of sp³-hybridized carbons (Fsp3) is 0.444. The number of ether oxygens (including phenoxy) is 1. The number of nitrogens with one attached hydrogen (secondary N) is 1. The maximum atomic E-state index is 12.7. The lowest BCUT2D eigenvalue weighted by molar-refractivity contribution is -0.139. The van der Waals surface area contributed by atoms with E-state index < -0.39 is 23.8 Å². The van der Waals surface area contributed by atoms with Crippen molar-refractivity contribution in [2.24, 2.45) is 10.9 Å². The van der Waals surface area contributed by atoms with Crippen LogP contribution in [-0.4, -0.2) is 47.7 Å². The van der Waals surface area contributed by atoms with Crippen molar-refractivity contribution in [3.8, 4) is 0 Å². The molecule has 1 aromatic carbocycles. The van der Waals surface area contributed by atoms with Gasteiger partial charge in [0.1, 0.15) is 0 Å². The molecule has 0 spiro atoms. The van der Waals surface area contributed by atoms with Crippen molar-refractivity contribution >= 4 is 23.6 Å². The molecule has 0 saturated carbocycles. The second-order valence-corrected chi connectivity index (χ2v) is 6.25. The summed E-state index contributed by atoms with van der Waals surface area (Å²) in [4.78, 5) is 42.4. The third-order valence-electron chi connectivity index (χ3n) is 4.42. The van der Waals surface area contributed by atoms with Crippen LogP contribution in [-0.2, 0) is 20.9 Å². The monoisotopic (exact) mass is 343 g/mol. The Kier molecular flexibility index (Phi) is 5.23. The predicted octanol–water partition coefficient (Wildman–Crippen LogP) is 1.52. The minimum atomic E-state index is -1.07. The molecule has 2 atom stereocenters. The number of hydrogen-bond acceptors (Lipinski definition) is 5. The Morgan fingerprint density at radius 1 is 1.28 bits per heavy atom. The van der Waals surface area contributed by atoms with E-state index in [9.17, 15) is 14.4 Å². The molecule has 2 aliphatic heterocycles. The van der Waals surface area contributed by atoms with Crippen molar-refractivity contribution in [3.05, 3.63) is 35.9 Å². The van der Waals surface area contributed by atoms with Crippen LogP contribution in [0.4, 0.5) is 4.79 Å². The van der Waals surface area contributed by atoms with Gasteiger partial charge >= 0.3 is 6.03 Å². The minimum absolute atomic E-state index is 0.0405. The molecular weight excluding hydrogens is 322 g/mol. The molecule has 0 bridgehead atoms. The molecule has 2 saturated heterocycles. The zero-order chi connectivity index (χ0) is 17.8. The van der Waals surface area contributed by atoms with E-state index >= 15 is 0 Å². The SMILES string of the molecule is CC(=NC[C@H]1CCCO1)C1C(=O)NC(=O)N(Cc2ccccc2)C1=O. The summed E-state index contributed by atoms with van der Waals surface area (Å²) in [6, 6.07) is 8.48. The summed E-state index contributed by atoms with van der Waals surface area (Å²) in [5.41, 5.74) is 1.22. The second-order valence-electron chi connectivity index (χ2n) is 6.25. The smallest absolute Gasteiger partial charge is 0.331 e. The van der Waals surface area contributed by atoms with Crippen molar-refractivity contribution in [2.75, 3.05) is 13.2 Å². The fourth-order valence-corrected chi connectivity index (χ4v) is 3.02. The fourth-order valence-electron chi connectivity index (χ4n) is 3.02. The van der Waals surface area contributed by atoms with E-state index in [1.165, 1.54) is 0 Å². The Balaban J connectivity index is 1.73. The number of carbonyl (C=O) groups is 3. The summed E-state index contributed by atoms with van der Waals surface area (Å²) in [7, 11) is 0. The molecule has 2 aliphatic rings. The number of carbonyl (C=O) groups excluding carboxylic acids is 3. The standard InChI is InChI=1S/C18H21N3O4/c1-12(19-10-14-8-5-9-25-14)15-16(22)20-18(24)21(17(15)23)11-13-6-3-2-4-7-13/h2-4,6-7,14-15H,5,8-11H2,1H3,(H,20,22,24)/t14-,15?/m1/s1. The number of aliphatic imine (C=N–C) groups is 1. The number of amides is 4. The highest BCUT2D eigenvalue weighted by Gasteiger charge is 2.42. The molecule has 0 aromatic heterocycles. The molecule has 1 N–H and O–H groups in total. The van der Waals surface area contributed by atoms with Crippen LogP contribution in [0.25, 0.3) is 0 Å². The number of rotatable bonds is 5. The highest BCUT2D eigenvalue weighted by Crippen LogP contribution is 2.17. The number of urea groups is 1. The summed E-state index contributed by atoms with van der Waals surface area (Å²) in [5, 5.41) is 2.25. The molecule has 3 rings (SSSR count). The molecule has 4 amide bonds. The van der Waals surface area contributed by atoms with Crippen molar-refractivity contribution < 1.29 is 19.1 Å². The lowest BCUT2D eigenvalue weighted by atomic mass is 9.99. The van der Waals surface area contributed by atoms with Crippen LogP contribution in [0.15, 0.2) is 35.3 Å². The predicted molar refractivity (Wildman–Crippen MR) is 91.0 cm³/mol. The summed E-state index contributed by atoms with van der Waals surface area (Å²) in [6.45, 7) is 2.92. The van der Waals surface area contributed by atoms with Crippen molar-refractivity contribution in [1.82, 2.24) is 10.2 Å². The van der Waals surface area contributed by atoms with E-state index in [2.05, 4.69) is 10.3 Å². The Bertz CT molecular complexity index is 696. The van der Waals surface area contributed by atoms with Gasteiger partial charge in [-0.2, -0.15) is 0 Å². The largest absolute Gasteiger partial charge is 0.376 e. The number of nitrogens with zero attached hydrogens (tertiary/aromatic N) is 2. The summed E-state index contributed by atoms with van der Waals surface area (Å²) >= 11 is 0. The zero-order valence-corrected chi connectivity index (χ0v) is 14.1. The first-order chi connectivity index (χ1) is 12.1. The average molecular weight is 343 g/mol. The number of benzene rings is 1. The number of imide groups is 2. The van der Waals surface area contributed by atoms with Crippen LogP contribution in [0.5, 0.6) is 0 Å². The third-order valence-corrected chi connectivity index (χ3v) is 4.42. The van der Waals surface area contributed by atoms with Gasteiger partial charge in [-0.15, -0.1) is 0 Å². The second kappa shape index (κ2) is 7.57. The lowest BCUT2D eigenvalue weighted by Crippen LogP contribution is -2.59. The normalized spacial score (nSPS) is 24.6. The molecule has 25 heavy (non-hydrogen) atoms. The van der Waals surface area contributed by atoms with E-state index in [1.54, 1.807) is 6.92 Å². The van der Waals surface area contributed by atoms with E-state index in [0.717, 1.165) is 29.9 Å². The first kappa shape index (κ1) is 17.3. The molecular formula is C18H21N3O4. The topological polar surface area (TPSA) is 88.1 Å².